The summed E-state index contributed by atoms with van der Waals surface area (Å²) in [6, 6.07) is 14.1. The Morgan fingerprint density at radius 3 is 2.65 bits per heavy atom. The third-order valence-corrected chi connectivity index (χ3v) is 3.08. The number of benzene rings is 1. The van der Waals surface area contributed by atoms with Gasteiger partial charge in [-0.3, -0.25) is 0 Å². The molecule has 0 fully saturated rings. The van der Waals surface area contributed by atoms with Gasteiger partial charge in [-0.1, -0.05) is 38.1 Å². The molecule has 2 aromatic rings. The van der Waals surface area contributed by atoms with Crippen molar-refractivity contribution in [1.82, 2.24) is 4.98 Å². The van der Waals surface area contributed by atoms with Crippen molar-refractivity contribution in [2.24, 2.45) is 0 Å². The van der Waals surface area contributed by atoms with Gasteiger partial charge in [0.25, 0.3) is 0 Å². The van der Waals surface area contributed by atoms with E-state index in [1.54, 1.807) is 0 Å². The minimum atomic E-state index is 0.451. The molecule has 3 nitrogen and oxygen atoms in total. The molecular formula is C17H22N2O. The zero-order chi connectivity index (χ0) is 14.4. The number of ether oxygens (including phenoxy) is 1. The topological polar surface area (TPSA) is 34.1 Å². The Labute approximate surface area is 121 Å². The first-order valence-corrected chi connectivity index (χ1v) is 7.12. The lowest BCUT2D eigenvalue weighted by molar-refractivity contribution is 0.297. The summed E-state index contributed by atoms with van der Waals surface area (Å²) in [5.74, 6) is 2.29. The fourth-order valence-electron chi connectivity index (χ4n) is 2.08. The standard InChI is InChI=1S/C17H22N2O/c1-4-18-17-11-7-8-14(19-17)12-20-16-10-6-5-9-15(16)13(2)3/h5-11,13H,4,12H2,1-3H3,(H,18,19). The van der Waals surface area contributed by atoms with Crippen LogP contribution in [0.3, 0.4) is 0 Å². The third kappa shape index (κ3) is 3.73. The molecule has 0 aliphatic carbocycles. The molecule has 0 saturated heterocycles. The lowest BCUT2D eigenvalue weighted by atomic mass is 10.0. The minimum absolute atomic E-state index is 0.451. The molecule has 0 aliphatic heterocycles. The van der Waals surface area contributed by atoms with E-state index in [9.17, 15) is 0 Å². The number of para-hydroxylation sites is 1. The van der Waals surface area contributed by atoms with Crippen LogP contribution in [0.4, 0.5) is 5.82 Å². The smallest absolute Gasteiger partial charge is 0.130 e. The van der Waals surface area contributed by atoms with Crippen LogP contribution in [0.2, 0.25) is 0 Å². The first-order valence-electron chi connectivity index (χ1n) is 7.12. The van der Waals surface area contributed by atoms with Gasteiger partial charge >= 0.3 is 0 Å². The maximum atomic E-state index is 5.93. The second-order valence-electron chi connectivity index (χ2n) is 5.03. The average molecular weight is 270 g/mol. The summed E-state index contributed by atoms with van der Waals surface area (Å²) in [7, 11) is 0. The van der Waals surface area contributed by atoms with E-state index >= 15 is 0 Å². The van der Waals surface area contributed by atoms with Crippen molar-refractivity contribution in [2.75, 3.05) is 11.9 Å². The number of hydrogen-bond acceptors (Lipinski definition) is 3. The van der Waals surface area contributed by atoms with Crippen molar-refractivity contribution in [3.05, 3.63) is 53.7 Å². The van der Waals surface area contributed by atoms with Crippen LogP contribution in [-0.2, 0) is 6.61 Å². The van der Waals surface area contributed by atoms with E-state index in [1.807, 2.05) is 36.4 Å². The molecule has 2 rings (SSSR count). The first kappa shape index (κ1) is 14.4. The second kappa shape index (κ2) is 6.94. The molecule has 0 bridgehead atoms. The maximum Gasteiger partial charge on any atom is 0.130 e. The largest absolute Gasteiger partial charge is 0.487 e. The highest BCUT2D eigenvalue weighted by Crippen LogP contribution is 2.26. The number of nitrogens with zero attached hydrogens (tertiary/aromatic N) is 1. The Hall–Kier alpha value is -2.03. The predicted molar refractivity (Wildman–Crippen MR) is 83.3 cm³/mol. The van der Waals surface area contributed by atoms with Gasteiger partial charge in [0.2, 0.25) is 0 Å². The van der Waals surface area contributed by atoms with Crippen molar-refractivity contribution in [1.29, 1.82) is 0 Å². The Morgan fingerprint density at radius 1 is 1.10 bits per heavy atom. The van der Waals surface area contributed by atoms with Gasteiger partial charge in [-0.05, 0) is 36.6 Å². The molecule has 0 spiro atoms. The SMILES string of the molecule is CCNc1cccc(COc2ccccc2C(C)C)n1. The molecular weight excluding hydrogens is 248 g/mol. The van der Waals surface area contributed by atoms with Crippen LogP contribution >= 0.6 is 0 Å². The Balaban J connectivity index is 2.07. The molecule has 1 aromatic heterocycles. The highest BCUT2D eigenvalue weighted by Gasteiger charge is 2.07. The fraction of sp³-hybridized carbons (Fsp3) is 0.353. The summed E-state index contributed by atoms with van der Waals surface area (Å²) in [6.07, 6.45) is 0. The van der Waals surface area contributed by atoms with Gasteiger partial charge in [0, 0.05) is 6.54 Å². The van der Waals surface area contributed by atoms with Gasteiger partial charge in [0.05, 0.1) is 5.69 Å². The summed E-state index contributed by atoms with van der Waals surface area (Å²) in [4.78, 5) is 4.52. The molecule has 3 heteroatoms. The van der Waals surface area contributed by atoms with E-state index in [0.717, 1.165) is 23.8 Å². The zero-order valence-corrected chi connectivity index (χ0v) is 12.4. The lowest BCUT2D eigenvalue weighted by Crippen LogP contribution is -2.04. The number of anilines is 1. The monoisotopic (exact) mass is 270 g/mol. The lowest BCUT2D eigenvalue weighted by Gasteiger charge is -2.14. The van der Waals surface area contributed by atoms with Crippen LogP contribution in [0.25, 0.3) is 0 Å². The normalized spacial score (nSPS) is 10.6. The average Bonchev–Trinajstić information content (AvgIpc) is 2.46. The van der Waals surface area contributed by atoms with E-state index < -0.39 is 0 Å². The van der Waals surface area contributed by atoms with Crippen molar-refractivity contribution >= 4 is 5.82 Å². The van der Waals surface area contributed by atoms with Crippen LogP contribution in [0.1, 0.15) is 37.9 Å². The summed E-state index contributed by atoms with van der Waals surface area (Å²) in [6.45, 7) is 7.76. The molecule has 1 N–H and O–H groups in total. The minimum Gasteiger partial charge on any atom is -0.487 e. The quantitative estimate of drug-likeness (QED) is 0.853. The first-order chi connectivity index (χ1) is 9.70. The van der Waals surface area contributed by atoms with Gasteiger partial charge in [-0.15, -0.1) is 0 Å². The molecule has 0 aliphatic rings. The van der Waals surface area contributed by atoms with Crippen LogP contribution in [0.15, 0.2) is 42.5 Å². The summed E-state index contributed by atoms with van der Waals surface area (Å²) in [5, 5.41) is 3.21. The maximum absolute atomic E-state index is 5.93. The second-order valence-corrected chi connectivity index (χ2v) is 5.03. The van der Waals surface area contributed by atoms with Crippen molar-refractivity contribution in [2.45, 2.75) is 33.3 Å². The van der Waals surface area contributed by atoms with E-state index in [1.165, 1.54) is 5.56 Å². The number of rotatable bonds is 6. The Bertz CT molecular complexity index is 552. The summed E-state index contributed by atoms with van der Waals surface area (Å²) >= 11 is 0. The van der Waals surface area contributed by atoms with Crippen LogP contribution in [-0.4, -0.2) is 11.5 Å². The predicted octanol–water partition coefficient (Wildman–Crippen LogP) is 4.22. The van der Waals surface area contributed by atoms with Gasteiger partial charge < -0.3 is 10.1 Å². The van der Waals surface area contributed by atoms with Crippen LogP contribution < -0.4 is 10.1 Å². The van der Waals surface area contributed by atoms with Gasteiger partial charge in [-0.2, -0.15) is 0 Å². The van der Waals surface area contributed by atoms with Crippen LogP contribution in [0.5, 0.6) is 5.75 Å². The number of aromatic nitrogens is 1. The van der Waals surface area contributed by atoms with Crippen molar-refractivity contribution in [3.63, 3.8) is 0 Å². The Morgan fingerprint density at radius 2 is 1.90 bits per heavy atom. The molecule has 1 heterocycles. The highest BCUT2D eigenvalue weighted by molar-refractivity contribution is 5.37. The summed E-state index contributed by atoms with van der Waals surface area (Å²) in [5.41, 5.74) is 2.16. The molecule has 0 unspecified atom stereocenters. The molecule has 0 atom stereocenters. The van der Waals surface area contributed by atoms with E-state index in [0.29, 0.717) is 12.5 Å². The molecule has 1 aromatic carbocycles. The van der Waals surface area contributed by atoms with Gasteiger partial charge in [0.1, 0.15) is 18.2 Å². The summed E-state index contributed by atoms with van der Waals surface area (Å²) < 4.78 is 5.93. The van der Waals surface area contributed by atoms with Crippen molar-refractivity contribution < 1.29 is 4.74 Å². The third-order valence-electron chi connectivity index (χ3n) is 3.08. The molecule has 0 saturated carbocycles. The number of nitrogens with one attached hydrogen (secondary N) is 1. The van der Waals surface area contributed by atoms with Gasteiger partial charge in [-0.25, -0.2) is 4.98 Å². The van der Waals surface area contributed by atoms with E-state index in [2.05, 4.69) is 37.1 Å². The highest BCUT2D eigenvalue weighted by atomic mass is 16.5. The molecule has 0 radical (unpaired) electrons. The van der Waals surface area contributed by atoms with Gasteiger partial charge in [0.15, 0.2) is 0 Å². The number of pyridine rings is 1. The molecule has 20 heavy (non-hydrogen) atoms. The van der Waals surface area contributed by atoms with E-state index in [-0.39, 0.29) is 0 Å². The Kier molecular flexibility index (Phi) is 4.99. The molecule has 106 valence electrons. The van der Waals surface area contributed by atoms with Crippen molar-refractivity contribution in [3.8, 4) is 5.75 Å². The van der Waals surface area contributed by atoms with E-state index in [4.69, 9.17) is 4.74 Å². The fourth-order valence-corrected chi connectivity index (χ4v) is 2.08. The van der Waals surface area contributed by atoms with Crippen LogP contribution in [0, 0.1) is 0 Å². The molecule has 0 amide bonds. The zero-order valence-electron chi connectivity index (χ0n) is 12.4. The number of hydrogen-bond donors (Lipinski definition) is 1.